The molecule has 3 nitrogen and oxygen atoms in total. The van der Waals surface area contributed by atoms with Gasteiger partial charge in [0.1, 0.15) is 5.82 Å². The molecule has 3 rings (SSSR count). The monoisotopic (exact) mass is 380 g/mol. The van der Waals surface area contributed by atoms with Crippen molar-refractivity contribution in [1.82, 2.24) is 10.2 Å². The van der Waals surface area contributed by atoms with Crippen LogP contribution in [0, 0.1) is 5.82 Å². The second-order valence-corrected chi connectivity index (χ2v) is 6.99. The van der Waals surface area contributed by atoms with E-state index in [9.17, 15) is 9.18 Å². The Kier molecular flexibility index (Phi) is 5.62. The van der Waals surface area contributed by atoms with Crippen LogP contribution in [0.2, 0.25) is 10.0 Å². The number of nitrogens with one attached hydrogen (secondary N) is 1. The summed E-state index contributed by atoms with van der Waals surface area (Å²) in [6.07, 6.45) is 1.82. The number of carbonyl (C=O) groups excluding carboxylic acids is 1. The van der Waals surface area contributed by atoms with Gasteiger partial charge in [0.25, 0.3) is 5.91 Å². The van der Waals surface area contributed by atoms with Crippen LogP contribution in [0.15, 0.2) is 36.4 Å². The minimum atomic E-state index is -0.397. The molecule has 0 bridgehead atoms. The Bertz CT molecular complexity index is 789. The van der Waals surface area contributed by atoms with Crippen molar-refractivity contribution < 1.29 is 9.18 Å². The third kappa shape index (κ3) is 3.97. The summed E-state index contributed by atoms with van der Waals surface area (Å²) in [5, 5.41) is 4.04. The highest BCUT2D eigenvalue weighted by Crippen LogP contribution is 2.32. The van der Waals surface area contributed by atoms with E-state index in [0.29, 0.717) is 45.9 Å². The number of amides is 1. The van der Waals surface area contributed by atoms with E-state index in [-0.39, 0.29) is 5.91 Å². The van der Waals surface area contributed by atoms with Crippen LogP contribution in [-0.2, 0) is 0 Å². The zero-order valence-corrected chi connectivity index (χ0v) is 15.4. The van der Waals surface area contributed by atoms with E-state index in [4.69, 9.17) is 23.2 Å². The summed E-state index contributed by atoms with van der Waals surface area (Å²) in [5.74, 6) is -0.484. The maximum absolute atomic E-state index is 13.8. The lowest BCUT2D eigenvalue weighted by Crippen LogP contribution is -2.44. The number of nitrogens with zero attached hydrogens (tertiary/aromatic N) is 1. The number of piperidine rings is 1. The van der Waals surface area contributed by atoms with Crippen LogP contribution >= 0.6 is 23.2 Å². The first-order valence-electron chi connectivity index (χ1n) is 8.21. The van der Waals surface area contributed by atoms with Gasteiger partial charge in [-0.05, 0) is 61.3 Å². The standard InChI is InChI=1S/C19H19Cl2FN2O/c1-23-14-6-8-24(9-7-14)19(25)15-4-3-13(22)11-16(15)12-2-5-17(20)18(21)10-12/h2-5,10-11,14,23H,6-9H2,1H3. The second kappa shape index (κ2) is 7.73. The number of benzene rings is 2. The molecule has 25 heavy (non-hydrogen) atoms. The molecule has 0 spiro atoms. The van der Waals surface area contributed by atoms with Gasteiger partial charge in [-0.3, -0.25) is 4.79 Å². The van der Waals surface area contributed by atoms with E-state index < -0.39 is 5.82 Å². The van der Waals surface area contributed by atoms with E-state index in [1.807, 2.05) is 11.9 Å². The fourth-order valence-corrected chi connectivity index (χ4v) is 3.45. The van der Waals surface area contributed by atoms with E-state index >= 15 is 0 Å². The fraction of sp³-hybridized carbons (Fsp3) is 0.316. The number of likely N-dealkylation sites (tertiary alicyclic amines) is 1. The van der Waals surface area contributed by atoms with Crippen LogP contribution < -0.4 is 5.32 Å². The van der Waals surface area contributed by atoms with Crippen LogP contribution in [0.25, 0.3) is 11.1 Å². The molecule has 1 amide bonds. The van der Waals surface area contributed by atoms with Crippen molar-refractivity contribution in [3.05, 3.63) is 57.8 Å². The molecule has 6 heteroatoms. The van der Waals surface area contributed by atoms with Gasteiger partial charge in [0.2, 0.25) is 0 Å². The smallest absolute Gasteiger partial charge is 0.254 e. The summed E-state index contributed by atoms with van der Waals surface area (Å²) in [6.45, 7) is 1.37. The van der Waals surface area contributed by atoms with Crippen molar-refractivity contribution in [2.45, 2.75) is 18.9 Å². The number of rotatable bonds is 3. The summed E-state index contributed by atoms with van der Waals surface area (Å²) >= 11 is 12.1. The lowest BCUT2D eigenvalue weighted by molar-refractivity contribution is 0.0708. The quantitative estimate of drug-likeness (QED) is 0.841. The Morgan fingerprint density at radius 2 is 1.84 bits per heavy atom. The lowest BCUT2D eigenvalue weighted by Gasteiger charge is -2.32. The van der Waals surface area contributed by atoms with Gasteiger partial charge in [-0.25, -0.2) is 4.39 Å². The van der Waals surface area contributed by atoms with Crippen molar-refractivity contribution >= 4 is 29.1 Å². The summed E-state index contributed by atoms with van der Waals surface area (Å²) in [6, 6.07) is 9.71. The van der Waals surface area contributed by atoms with Crippen molar-refractivity contribution in [2.75, 3.05) is 20.1 Å². The molecule has 132 valence electrons. The molecule has 1 aliphatic rings. The summed E-state index contributed by atoms with van der Waals surface area (Å²) in [4.78, 5) is 14.8. The number of carbonyl (C=O) groups is 1. The van der Waals surface area contributed by atoms with Gasteiger partial charge in [0.05, 0.1) is 10.0 Å². The first kappa shape index (κ1) is 18.2. The van der Waals surface area contributed by atoms with E-state index in [2.05, 4.69) is 5.32 Å². The summed E-state index contributed by atoms with van der Waals surface area (Å²) < 4.78 is 13.8. The van der Waals surface area contributed by atoms with Gasteiger partial charge >= 0.3 is 0 Å². The highest BCUT2D eigenvalue weighted by atomic mass is 35.5. The first-order valence-corrected chi connectivity index (χ1v) is 8.96. The maximum Gasteiger partial charge on any atom is 0.254 e. The minimum Gasteiger partial charge on any atom is -0.339 e. The molecule has 0 unspecified atom stereocenters. The van der Waals surface area contributed by atoms with E-state index in [1.54, 1.807) is 24.3 Å². The molecule has 2 aromatic carbocycles. The van der Waals surface area contributed by atoms with Gasteiger partial charge in [-0.15, -0.1) is 0 Å². The predicted octanol–water partition coefficient (Wildman–Crippen LogP) is 4.62. The van der Waals surface area contributed by atoms with Gasteiger partial charge in [-0.2, -0.15) is 0 Å². The van der Waals surface area contributed by atoms with Crippen LogP contribution in [0.5, 0.6) is 0 Å². The summed E-state index contributed by atoms with van der Waals surface area (Å²) in [5.41, 5.74) is 1.67. The Balaban J connectivity index is 1.94. The number of hydrogen-bond donors (Lipinski definition) is 1. The molecular formula is C19H19Cl2FN2O. The van der Waals surface area contributed by atoms with E-state index in [1.165, 1.54) is 12.1 Å². The average Bonchev–Trinajstić information content (AvgIpc) is 2.63. The van der Waals surface area contributed by atoms with Crippen molar-refractivity contribution in [3.8, 4) is 11.1 Å². The molecule has 1 N–H and O–H groups in total. The van der Waals surface area contributed by atoms with Gasteiger partial charge in [-0.1, -0.05) is 29.3 Å². The Hall–Kier alpha value is -1.62. The zero-order valence-electron chi connectivity index (χ0n) is 13.9. The molecule has 1 fully saturated rings. The molecule has 0 atom stereocenters. The molecule has 0 saturated carbocycles. The third-order valence-electron chi connectivity index (χ3n) is 4.63. The van der Waals surface area contributed by atoms with Gasteiger partial charge in [0, 0.05) is 24.7 Å². The summed E-state index contributed by atoms with van der Waals surface area (Å²) in [7, 11) is 1.94. The lowest BCUT2D eigenvalue weighted by atomic mass is 9.97. The Morgan fingerprint density at radius 1 is 1.12 bits per heavy atom. The number of halogens is 3. The topological polar surface area (TPSA) is 32.3 Å². The zero-order chi connectivity index (χ0) is 18.0. The normalized spacial score (nSPS) is 15.4. The van der Waals surface area contributed by atoms with E-state index in [0.717, 1.165) is 12.8 Å². The third-order valence-corrected chi connectivity index (χ3v) is 5.37. The molecule has 0 aliphatic carbocycles. The highest BCUT2D eigenvalue weighted by molar-refractivity contribution is 6.42. The Morgan fingerprint density at radius 3 is 2.48 bits per heavy atom. The van der Waals surface area contributed by atoms with Crippen LogP contribution in [0.4, 0.5) is 4.39 Å². The van der Waals surface area contributed by atoms with Crippen molar-refractivity contribution in [2.24, 2.45) is 0 Å². The fourth-order valence-electron chi connectivity index (χ4n) is 3.15. The number of hydrogen-bond acceptors (Lipinski definition) is 2. The molecule has 2 aromatic rings. The molecule has 0 aromatic heterocycles. The van der Waals surface area contributed by atoms with Crippen LogP contribution in [-0.4, -0.2) is 37.0 Å². The predicted molar refractivity (Wildman–Crippen MR) is 99.8 cm³/mol. The first-order chi connectivity index (χ1) is 12.0. The van der Waals surface area contributed by atoms with Gasteiger partial charge < -0.3 is 10.2 Å². The van der Waals surface area contributed by atoms with Crippen molar-refractivity contribution in [3.63, 3.8) is 0 Å². The maximum atomic E-state index is 13.8. The molecular weight excluding hydrogens is 362 g/mol. The van der Waals surface area contributed by atoms with Crippen molar-refractivity contribution in [1.29, 1.82) is 0 Å². The Labute approximate surface area is 156 Å². The van der Waals surface area contributed by atoms with Crippen LogP contribution in [0.3, 0.4) is 0 Å². The highest BCUT2D eigenvalue weighted by Gasteiger charge is 2.25. The molecule has 0 radical (unpaired) electrons. The molecule has 1 saturated heterocycles. The average molecular weight is 381 g/mol. The largest absolute Gasteiger partial charge is 0.339 e. The second-order valence-electron chi connectivity index (χ2n) is 6.17. The molecule has 1 heterocycles. The SMILES string of the molecule is CNC1CCN(C(=O)c2ccc(F)cc2-c2ccc(Cl)c(Cl)c2)CC1. The minimum absolute atomic E-state index is 0.0874. The van der Waals surface area contributed by atoms with Gasteiger partial charge in [0.15, 0.2) is 0 Å². The van der Waals surface area contributed by atoms with Crippen LogP contribution in [0.1, 0.15) is 23.2 Å². The molecule has 1 aliphatic heterocycles.